The van der Waals surface area contributed by atoms with Crippen molar-refractivity contribution in [1.29, 1.82) is 0 Å². The Morgan fingerprint density at radius 1 is 1.43 bits per heavy atom. The second-order valence-electron chi connectivity index (χ2n) is 2.88. The maximum Gasteiger partial charge on any atom is 0.287 e. The largest absolute Gasteiger partial charge is 0.342 e. The Morgan fingerprint density at radius 2 is 2.21 bits per heavy atom. The van der Waals surface area contributed by atoms with Crippen LogP contribution < -0.4 is 5.32 Å². The molecule has 1 amide bonds. The van der Waals surface area contributed by atoms with E-state index in [9.17, 15) is 4.79 Å². The molecule has 14 heavy (non-hydrogen) atoms. The van der Waals surface area contributed by atoms with Gasteiger partial charge in [0.1, 0.15) is 0 Å². The second kappa shape index (κ2) is 4.11. The lowest BCUT2D eigenvalue weighted by Crippen LogP contribution is -2.14. The summed E-state index contributed by atoms with van der Waals surface area (Å²) in [7, 11) is 0. The topological polar surface area (TPSA) is 29.1 Å². The fourth-order valence-corrected chi connectivity index (χ4v) is 2.44. The molecule has 1 heterocycles. The summed E-state index contributed by atoms with van der Waals surface area (Å²) in [4.78, 5) is 10.5. The van der Waals surface area contributed by atoms with Gasteiger partial charge >= 0.3 is 0 Å². The molecule has 0 aliphatic heterocycles. The third kappa shape index (κ3) is 1.96. The van der Waals surface area contributed by atoms with E-state index in [-0.39, 0.29) is 4.82 Å². The van der Waals surface area contributed by atoms with Crippen molar-refractivity contribution in [2.24, 2.45) is 0 Å². The molecule has 0 unspecified atom stereocenters. The average molecular weight is 270 g/mol. The van der Waals surface area contributed by atoms with Gasteiger partial charge in [0.25, 0.3) is 4.82 Å². The minimum Gasteiger partial charge on any atom is -0.342 e. The highest BCUT2D eigenvalue weighted by Crippen LogP contribution is 2.25. The van der Waals surface area contributed by atoms with E-state index in [0.717, 1.165) is 0 Å². The number of amides is 1. The van der Waals surface area contributed by atoms with Crippen molar-refractivity contribution in [3.05, 3.63) is 35.2 Å². The quantitative estimate of drug-likeness (QED) is 0.656. The first-order valence-corrected chi connectivity index (χ1v) is 5.83. The zero-order valence-corrected chi connectivity index (χ0v) is 9.69. The van der Waals surface area contributed by atoms with Crippen molar-refractivity contribution in [3.8, 4) is 0 Å². The van der Waals surface area contributed by atoms with Crippen molar-refractivity contribution in [1.82, 2.24) is 5.32 Å². The van der Waals surface area contributed by atoms with Crippen LogP contribution in [0.2, 0.25) is 0 Å². The van der Waals surface area contributed by atoms with Gasteiger partial charge in [0.15, 0.2) is 0 Å². The van der Waals surface area contributed by atoms with Crippen LogP contribution in [0.4, 0.5) is 4.79 Å². The van der Waals surface area contributed by atoms with Crippen LogP contribution in [0.3, 0.4) is 0 Å². The van der Waals surface area contributed by atoms with Crippen molar-refractivity contribution >= 4 is 42.2 Å². The van der Waals surface area contributed by atoms with Crippen LogP contribution in [0.25, 0.3) is 10.1 Å². The molecule has 72 valence electrons. The van der Waals surface area contributed by atoms with Crippen LogP contribution >= 0.6 is 27.3 Å². The summed E-state index contributed by atoms with van der Waals surface area (Å²) in [5.74, 6) is 0. The highest BCUT2D eigenvalue weighted by molar-refractivity contribution is 9.18. The predicted molar refractivity (Wildman–Crippen MR) is 63.0 cm³/mol. The summed E-state index contributed by atoms with van der Waals surface area (Å²) in [6.45, 7) is 0.577. The van der Waals surface area contributed by atoms with E-state index in [1.807, 2.05) is 12.1 Å². The SMILES string of the molecule is O=C(Br)NCc1csc2ccccc12. The lowest BCUT2D eigenvalue weighted by Gasteiger charge is -1.98. The Kier molecular flexibility index (Phi) is 2.84. The van der Waals surface area contributed by atoms with E-state index in [1.54, 1.807) is 11.3 Å². The molecule has 1 N–H and O–H groups in total. The highest BCUT2D eigenvalue weighted by atomic mass is 79.9. The molecule has 2 aromatic rings. The molecule has 0 bridgehead atoms. The molecule has 0 saturated carbocycles. The van der Waals surface area contributed by atoms with Crippen molar-refractivity contribution in [2.45, 2.75) is 6.54 Å². The molecule has 2 rings (SSSR count). The Morgan fingerprint density at radius 3 is 3.00 bits per heavy atom. The molecule has 0 fully saturated rings. The van der Waals surface area contributed by atoms with Gasteiger partial charge in [0, 0.05) is 27.2 Å². The van der Waals surface area contributed by atoms with Gasteiger partial charge in [-0.3, -0.25) is 4.79 Å². The summed E-state index contributed by atoms with van der Waals surface area (Å²) < 4.78 is 1.26. The maximum absolute atomic E-state index is 10.7. The van der Waals surface area contributed by atoms with Gasteiger partial charge in [-0.05, 0) is 22.4 Å². The first-order chi connectivity index (χ1) is 6.77. The normalized spacial score (nSPS) is 10.4. The van der Waals surface area contributed by atoms with Crippen LogP contribution in [0.5, 0.6) is 0 Å². The van der Waals surface area contributed by atoms with Crippen LogP contribution in [0, 0.1) is 0 Å². The Balaban J connectivity index is 2.29. The monoisotopic (exact) mass is 269 g/mol. The molecule has 0 spiro atoms. The zero-order chi connectivity index (χ0) is 9.97. The fraction of sp³-hybridized carbons (Fsp3) is 0.100. The molecule has 0 radical (unpaired) electrons. The molecule has 0 atom stereocenters. The average Bonchev–Trinajstić information content (AvgIpc) is 2.58. The highest BCUT2D eigenvalue weighted by Gasteiger charge is 2.03. The Hall–Kier alpha value is -0.870. The smallest absolute Gasteiger partial charge is 0.287 e. The first kappa shape index (κ1) is 9.68. The summed E-state index contributed by atoms with van der Waals surface area (Å²) in [6.07, 6.45) is 0. The standard InChI is InChI=1S/C10H8BrNOS/c11-10(13)12-5-7-6-14-9-4-2-1-3-8(7)9/h1-4,6H,5H2,(H,12,13). The number of hydrogen-bond acceptors (Lipinski definition) is 2. The predicted octanol–water partition coefficient (Wildman–Crippen LogP) is 3.51. The van der Waals surface area contributed by atoms with E-state index in [0.29, 0.717) is 6.54 Å². The molecule has 1 aromatic carbocycles. The maximum atomic E-state index is 10.7. The number of carbonyl (C=O) groups is 1. The van der Waals surface area contributed by atoms with E-state index >= 15 is 0 Å². The molecule has 0 aliphatic rings. The van der Waals surface area contributed by atoms with Gasteiger partial charge < -0.3 is 5.32 Å². The molecule has 4 heteroatoms. The van der Waals surface area contributed by atoms with Gasteiger partial charge in [-0.15, -0.1) is 11.3 Å². The van der Waals surface area contributed by atoms with Gasteiger partial charge in [0.2, 0.25) is 0 Å². The van der Waals surface area contributed by atoms with Gasteiger partial charge in [0.05, 0.1) is 0 Å². The third-order valence-electron chi connectivity index (χ3n) is 1.98. The number of nitrogens with one attached hydrogen (secondary N) is 1. The number of hydrogen-bond donors (Lipinski definition) is 1. The summed E-state index contributed by atoms with van der Waals surface area (Å²) in [5, 5.41) is 6.02. The van der Waals surface area contributed by atoms with Crippen LogP contribution in [-0.4, -0.2) is 4.82 Å². The minimum absolute atomic E-state index is 0.173. The van der Waals surface area contributed by atoms with Crippen LogP contribution in [0.15, 0.2) is 29.6 Å². The zero-order valence-electron chi connectivity index (χ0n) is 7.29. The summed E-state index contributed by atoms with van der Waals surface area (Å²) in [5.41, 5.74) is 1.17. The van der Waals surface area contributed by atoms with E-state index < -0.39 is 0 Å². The van der Waals surface area contributed by atoms with Gasteiger partial charge in [-0.25, -0.2) is 0 Å². The lowest BCUT2D eigenvalue weighted by atomic mass is 10.2. The molecule has 2 nitrogen and oxygen atoms in total. The van der Waals surface area contributed by atoms with Crippen molar-refractivity contribution in [3.63, 3.8) is 0 Å². The van der Waals surface area contributed by atoms with Crippen molar-refractivity contribution in [2.75, 3.05) is 0 Å². The summed E-state index contributed by atoms with van der Waals surface area (Å²) >= 11 is 4.54. The minimum atomic E-state index is -0.173. The van der Waals surface area contributed by atoms with E-state index in [1.165, 1.54) is 15.6 Å². The van der Waals surface area contributed by atoms with Crippen LogP contribution in [0.1, 0.15) is 5.56 Å². The van der Waals surface area contributed by atoms with E-state index in [4.69, 9.17) is 0 Å². The molecule has 1 aromatic heterocycles. The molecular weight excluding hydrogens is 262 g/mol. The Labute approximate surface area is 94.1 Å². The number of carbonyl (C=O) groups excluding carboxylic acids is 1. The van der Waals surface area contributed by atoms with Gasteiger partial charge in [-0.1, -0.05) is 18.2 Å². The van der Waals surface area contributed by atoms with Crippen molar-refractivity contribution < 1.29 is 4.79 Å². The molecule has 0 aliphatic carbocycles. The number of halogens is 1. The Bertz CT molecular complexity index is 466. The first-order valence-electron chi connectivity index (χ1n) is 4.16. The van der Waals surface area contributed by atoms with Gasteiger partial charge in [-0.2, -0.15) is 0 Å². The number of fused-ring (bicyclic) bond motifs is 1. The van der Waals surface area contributed by atoms with Crippen LogP contribution in [-0.2, 0) is 6.54 Å². The van der Waals surface area contributed by atoms with E-state index in [2.05, 4.69) is 38.8 Å². The summed E-state index contributed by atoms with van der Waals surface area (Å²) in [6, 6.07) is 8.18. The third-order valence-corrected chi connectivity index (χ3v) is 3.27. The molecule has 0 saturated heterocycles. The fourth-order valence-electron chi connectivity index (χ4n) is 1.33. The molecular formula is C10H8BrNOS. The number of thiophene rings is 1. The lowest BCUT2D eigenvalue weighted by molar-refractivity contribution is 0.261. The number of rotatable bonds is 2. The second-order valence-corrected chi connectivity index (χ2v) is 4.52. The number of benzene rings is 1.